The quantitative estimate of drug-likeness (QED) is 0.703. The molecule has 0 unspecified atom stereocenters. The highest BCUT2D eigenvalue weighted by molar-refractivity contribution is 7.91. The number of hydrogen-bond donors (Lipinski definition) is 1. The van der Waals surface area contributed by atoms with Crippen LogP contribution in [-0.4, -0.2) is 60.9 Å². The number of anilines is 1. The van der Waals surface area contributed by atoms with Crippen LogP contribution in [-0.2, 0) is 27.1 Å². The summed E-state index contributed by atoms with van der Waals surface area (Å²) >= 11 is 0. The van der Waals surface area contributed by atoms with Crippen molar-refractivity contribution in [2.45, 2.75) is 50.4 Å². The minimum Gasteiger partial charge on any atom is -0.343 e. The summed E-state index contributed by atoms with van der Waals surface area (Å²) < 4.78 is 29.7. The fraction of sp³-hybridized carbons (Fsp3) is 0.520. The van der Waals surface area contributed by atoms with Crippen LogP contribution in [0.5, 0.6) is 0 Å². The van der Waals surface area contributed by atoms with Crippen LogP contribution in [0.4, 0.5) is 5.69 Å². The average molecular weight is 485 g/mol. The molecule has 1 amide bonds. The number of rotatable bonds is 5. The van der Waals surface area contributed by atoms with Crippen LogP contribution >= 0.6 is 0 Å². The molecule has 0 radical (unpaired) electrons. The molecular weight excluding hydrogens is 452 g/mol. The molecule has 0 spiro atoms. The number of fused-ring (bicyclic) bond motifs is 4. The minimum absolute atomic E-state index is 0.119. The summed E-state index contributed by atoms with van der Waals surface area (Å²) in [5.74, 6) is 0.613. The number of piperidine rings is 2. The van der Waals surface area contributed by atoms with Crippen molar-refractivity contribution in [3.05, 3.63) is 64.1 Å². The highest BCUT2D eigenvalue weighted by Crippen LogP contribution is 2.37. The van der Waals surface area contributed by atoms with Gasteiger partial charge in [0.1, 0.15) is 5.69 Å². The first-order valence-electron chi connectivity index (χ1n) is 12.1. The van der Waals surface area contributed by atoms with Crippen LogP contribution in [0.15, 0.2) is 47.3 Å². The van der Waals surface area contributed by atoms with Crippen molar-refractivity contribution in [2.75, 3.05) is 30.9 Å². The van der Waals surface area contributed by atoms with Crippen LogP contribution in [0, 0.1) is 5.92 Å². The molecule has 2 aromatic rings. The van der Waals surface area contributed by atoms with Crippen LogP contribution < -0.4 is 10.3 Å². The number of sulfonamides is 1. The van der Waals surface area contributed by atoms with Crippen molar-refractivity contribution in [1.82, 2.24) is 14.4 Å². The Bertz CT molecular complexity index is 1220. The summed E-state index contributed by atoms with van der Waals surface area (Å²) in [6, 6.07) is 13.0. The predicted octanol–water partition coefficient (Wildman–Crippen LogP) is 2.22. The number of carbonyl (C=O) groups is 1. The molecule has 4 heterocycles. The Morgan fingerprint density at radius 3 is 2.47 bits per heavy atom. The molecule has 0 saturated carbocycles. The minimum atomic E-state index is -3.69. The lowest BCUT2D eigenvalue weighted by Crippen LogP contribution is -2.53. The normalized spacial score (nSPS) is 23.4. The first kappa shape index (κ1) is 23.1. The lowest BCUT2D eigenvalue weighted by molar-refractivity contribution is -0.130. The Morgan fingerprint density at radius 2 is 1.76 bits per heavy atom. The van der Waals surface area contributed by atoms with E-state index in [1.165, 1.54) is 0 Å². The molecule has 2 atom stereocenters. The average Bonchev–Trinajstić information content (AvgIpc) is 2.81. The van der Waals surface area contributed by atoms with Crippen molar-refractivity contribution >= 4 is 21.6 Å². The number of carbonyl (C=O) groups excluding carboxylic acids is 1. The second-order valence-corrected chi connectivity index (χ2v) is 11.6. The number of benzene rings is 1. The van der Waals surface area contributed by atoms with Crippen LogP contribution in [0.25, 0.3) is 0 Å². The Labute approximate surface area is 200 Å². The van der Waals surface area contributed by atoms with Gasteiger partial charge in [-0.05, 0) is 42.9 Å². The first-order valence-corrected chi connectivity index (χ1v) is 13.7. The second kappa shape index (κ2) is 9.19. The van der Waals surface area contributed by atoms with Crippen LogP contribution in [0.3, 0.4) is 0 Å². The van der Waals surface area contributed by atoms with E-state index in [9.17, 15) is 18.0 Å². The van der Waals surface area contributed by atoms with Gasteiger partial charge >= 0.3 is 0 Å². The number of pyridine rings is 1. The van der Waals surface area contributed by atoms with Crippen molar-refractivity contribution < 1.29 is 13.2 Å². The van der Waals surface area contributed by atoms with Crippen molar-refractivity contribution in [3.8, 4) is 0 Å². The second-order valence-electron chi connectivity index (χ2n) is 9.92. The molecule has 3 aliphatic heterocycles. The molecule has 2 bridgehead atoms. The Balaban J connectivity index is 1.30. The van der Waals surface area contributed by atoms with Gasteiger partial charge in [0.15, 0.2) is 0 Å². The number of hydrogen-bond acceptors (Lipinski definition) is 5. The highest BCUT2D eigenvalue weighted by Gasteiger charge is 2.38. The zero-order valence-electron chi connectivity index (χ0n) is 19.5. The molecule has 8 nitrogen and oxygen atoms in total. The maximum Gasteiger partial charge on any atom is 0.275 e. The summed E-state index contributed by atoms with van der Waals surface area (Å²) in [7, 11) is -3.69. The molecule has 2 saturated heterocycles. The lowest BCUT2D eigenvalue weighted by Gasteiger charge is -2.47. The molecular formula is C25H32N4O4S. The Hall–Kier alpha value is -2.65. The smallest absolute Gasteiger partial charge is 0.275 e. The topological polar surface area (TPSA) is 91.7 Å². The third kappa shape index (κ3) is 4.77. The van der Waals surface area contributed by atoms with Gasteiger partial charge in [0.05, 0.1) is 5.75 Å². The van der Waals surface area contributed by atoms with Gasteiger partial charge < -0.3 is 9.47 Å². The summed E-state index contributed by atoms with van der Waals surface area (Å²) in [6.45, 7) is 5.72. The largest absolute Gasteiger partial charge is 0.343 e. The van der Waals surface area contributed by atoms with Crippen molar-refractivity contribution in [2.24, 2.45) is 5.92 Å². The standard InChI is InChI=1S/C25H32N4O4S/c1-18(30)27-11-9-22(10-12-27)28-14-20-13-21(16-28)24-8-7-23(25(31)29(24)15-20)26-34(32,33)17-19-5-3-2-4-6-19/h2-8,20-22,26H,9-17H2,1H3/t20-,21-/m1/s1. The number of nitrogens with zero attached hydrogens (tertiary/aromatic N) is 3. The molecule has 2 fully saturated rings. The van der Waals surface area contributed by atoms with E-state index >= 15 is 0 Å². The van der Waals surface area contributed by atoms with Crippen LogP contribution in [0.2, 0.25) is 0 Å². The van der Waals surface area contributed by atoms with E-state index in [1.807, 2.05) is 17.0 Å². The molecule has 1 aromatic heterocycles. The van der Waals surface area contributed by atoms with E-state index < -0.39 is 10.0 Å². The fourth-order valence-electron chi connectivity index (χ4n) is 5.90. The molecule has 5 rings (SSSR count). The summed E-state index contributed by atoms with van der Waals surface area (Å²) in [4.78, 5) is 29.4. The fourth-order valence-corrected chi connectivity index (χ4v) is 7.10. The van der Waals surface area contributed by atoms with Gasteiger partial charge in [-0.25, -0.2) is 8.42 Å². The summed E-state index contributed by atoms with van der Waals surface area (Å²) in [6.07, 6.45) is 3.04. The predicted molar refractivity (Wildman–Crippen MR) is 131 cm³/mol. The number of nitrogens with one attached hydrogen (secondary N) is 1. The van der Waals surface area contributed by atoms with E-state index in [4.69, 9.17) is 0 Å². The van der Waals surface area contributed by atoms with Crippen LogP contribution in [0.1, 0.15) is 43.4 Å². The zero-order chi connectivity index (χ0) is 23.9. The number of aromatic nitrogens is 1. The third-order valence-electron chi connectivity index (χ3n) is 7.52. The Kier molecular flexibility index (Phi) is 6.24. The molecule has 3 aliphatic rings. The summed E-state index contributed by atoms with van der Waals surface area (Å²) in [5.41, 5.74) is 1.54. The molecule has 1 N–H and O–H groups in total. The van der Waals surface area contributed by atoms with Gasteiger partial charge in [-0.2, -0.15) is 0 Å². The van der Waals surface area contributed by atoms with Gasteiger partial charge in [0, 0.05) is 57.3 Å². The first-order chi connectivity index (χ1) is 16.3. The molecule has 34 heavy (non-hydrogen) atoms. The monoisotopic (exact) mass is 484 g/mol. The molecule has 9 heteroatoms. The van der Waals surface area contributed by atoms with E-state index in [2.05, 4.69) is 9.62 Å². The van der Waals surface area contributed by atoms with Crippen molar-refractivity contribution in [1.29, 1.82) is 0 Å². The van der Waals surface area contributed by atoms with Gasteiger partial charge in [-0.3, -0.25) is 19.2 Å². The van der Waals surface area contributed by atoms with Crippen molar-refractivity contribution in [3.63, 3.8) is 0 Å². The molecule has 182 valence electrons. The van der Waals surface area contributed by atoms with Gasteiger partial charge in [-0.1, -0.05) is 30.3 Å². The molecule has 1 aromatic carbocycles. The SMILES string of the molecule is CC(=O)N1CCC(N2C[C@H]3C[C@H](C2)c2ccc(NS(=O)(=O)Cc4ccccc4)c(=O)n2C3)CC1. The maximum absolute atomic E-state index is 13.2. The van der Waals surface area contributed by atoms with E-state index in [0.717, 1.165) is 51.1 Å². The van der Waals surface area contributed by atoms with Gasteiger partial charge in [0.2, 0.25) is 15.9 Å². The zero-order valence-corrected chi connectivity index (χ0v) is 20.3. The molecule has 0 aliphatic carbocycles. The van der Waals surface area contributed by atoms with Gasteiger partial charge in [0.25, 0.3) is 5.56 Å². The number of amides is 1. The maximum atomic E-state index is 13.2. The number of likely N-dealkylation sites (tertiary alicyclic amines) is 2. The van der Waals surface area contributed by atoms with E-state index in [-0.39, 0.29) is 28.8 Å². The summed E-state index contributed by atoms with van der Waals surface area (Å²) in [5, 5.41) is 0. The van der Waals surface area contributed by atoms with E-state index in [1.54, 1.807) is 41.8 Å². The van der Waals surface area contributed by atoms with Gasteiger partial charge in [-0.15, -0.1) is 0 Å². The Morgan fingerprint density at radius 1 is 1.03 bits per heavy atom. The highest BCUT2D eigenvalue weighted by atomic mass is 32.2. The third-order valence-corrected chi connectivity index (χ3v) is 8.77. The van der Waals surface area contributed by atoms with E-state index in [0.29, 0.717) is 24.1 Å². The lowest BCUT2D eigenvalue weighted by atomic mass is 9.82.